The van der Waals surface area contributed by atoms with Crippen molar-refractivity contribution < 1.29 is 4.79 Å². The standard InChI is InChI=1S/C15H17N3OS/c19-14(7-6-11-4-2-1-3-5-11)18-15-17-12-8-9-16-10-13(12)20-15/h1-5,16H,6-10H2,(H,17,18,19). The highest BCUT2D eigenvalue weighted by Crippen LogP contribution is 2.25. The van der Waals surface area contributed by atoms with Crippen LogP contribution in [0.1, 0.15) is 22.6 Å². The SMILES string of the molecule is O=C(CCc1ccccc1)Nc1nc2c(s1)CNCC2. The van der Waals surface area contributed by atoms with Gasteiger partial charge in [-0.05, 0) is 12.0 Å². The fourth-order valence-corrected chi connectivity index (χ4v) is 3.26. The molecular weight excluding hydrogens is 270 g/mol. The minimum Gasteiger partial charge on any atom is -0.311 e. The van der Waals surface area contributed by atoms with Crippen LogP contribution in [0, 0.1) is 0 Å². The lowest BCUT2D eigenvalue weighted by atomic mass is 10.1. The van der Waals surface area contributed by atoms with E-state index in [0.717, 1.165) is 36.8 Å². The zero-order valence-corrected chi connectivity index (χ0v) is 12.0. The van der Waals surface area contributed by atoms with Crippen molar-refractivity contribution in [1.82, 2.24) is 10.3 Å². The number of thiazole rings is 1. The minimum absolute atomic E-state index is 0.0351. The maximum atomic E-state index is 11.9. The van der Waals surface area contributed by atoms with E-state index in [2.05, 4.69) is 15.6 Å². The van der Waals surface area contributed by atoms with Crippen molar-refractivity contribution in [3.05, 3.63) is 46.5 Å². The summed E-state index contributed by atoms with van der Waals surface area (Å²) < 4.78 is 0. The molecule has 1 aromatic heterocycles. The molecule has 1 aromatic carbocycles. The van der Waals surface area contributed by atoms with Gasteiger partial charge in [0.25, 0.3) is 0 Å². The topological polar surface area (TPSA) is 54.0 Å². The lowest BCUT2D eigenvalue weighted by Gasteiger charge is -2.09. The number of carbonyl (C=O) groups is 1. The smallest absolute Gasteiger partial charge is 0.226 e. The van der Waals surface area contributed by atoms with Gasteiger partial charge < -0.3 is 10.6 Å². The summed E-state index contributed by atoms with van der Waals surface area (Å²) in [7, 11) is 0. The molecule has 0 spiro atoms. The molecule has 5 heteroatoms. The molecule has 2 N–H and O–H groups in total. The van der Waals surface area contributed by atoms with Crippen LogP contribution in [0.4, 0.5) is 5.13 Å². The highest BCUT2D eigenvalue weighted by Gasteiger charge is 2.15. The molecular formula is C15H17N3OS. The number of hydrogen-bond donors (Lipinski definition) is 2. The summed E-state index contributed by atoms with van der Waals surface area (Å²) in [5, 5.41) is 6.96. The van der Waals surface area contributed by atoms with E-state index in [0.29, 0.717) is 6.42 Å². The summed E-state index contributed by atoms with van der Waals surface area (Å²) >= 11 is 1.58. The van der Waals surface area contributed by atoms with Crippen molar-refractivity contribution in [3.63, 3.8) is 0 Å². The Labute approximate surface area is 122 Å². The van der Waals surface area contributed by atoms with Crippen LogP contribution in [0.15, 0.2) is 30.3 Å². The number of nitrogens with one attached hydrogen (secondary N) is 2. The first-order chi connectivity index (χ1) is 9.81. The highest BCUT2D eigenvalue weighted by molar-refractivity contribution is 7.15. The van der Waals surface area contributed by atoms with E-state index >= 15 is 0 Å². The van der Waals surface area contributed by atoms with Gasteiger partial charge in [-0.25, -0.2) is 4.98 Å². The summed E-state index contributed by atoms with van der Waals surface area (Å²) in [5.41, 5.74) is 2.32. The fraction of sp³-hybridized carbons (Fsp3) is 0.333. The van der Waals surface area contributed by atoms with Gasteiger partial charge in [-0.15, -0.1) is 11.3 Å². The molecule has 0 radical (unpaired) electrons. The highest BCUT2D eigenvalue weighted by atomic mass is 32.1. The normalized spacial score (nSPS) is 13.8. The second kappa shape index (κ2) is 6.15. The van der Waals surface area contributed by atoms with Gasteiger partial charge in [-0.1, -0.05) is 30.3 Å². The monoisotopic (exact) mass is 287 g/mol. The first-order valence-electron chi connectivity index (χ1n) is 6.84. The molecule has 4 nitrogen and oxygen atoms in total. The van der Waals surface area contributed by atoms with E-state index in [1.54, 1.807) is 11.3 Å². The molecule has 0 saturated carbocycles. The molecule has 0 unspecified atom stereocenters. The largest absolute Gasteiger partial charge is 0.311 e. The summed E-state index contributed by atoms with van der Waals surface area (Å²) in [6.07, 6.45) is 2.21. The number of benzene rings is 1. The van der Waals surface area contributed by atoms with Gasteiger partial charge in [0.1, 0.15) is 0 Å². The Kier molecular flexibility index (Phi) is 4.08. The number of fused-ring (bicyclic) bond motifs is 1. The van der Waals surface area contributed by atoms with Crippen LogP contribution < -0.4 is 10.6 Å². The van der Waals surface area contributed by atoms with Crippen molar-refractivity contribution in [2.75, 3.05) is 11.9 Å². The van der Waals surface area contributed by atoms with Gasteiger partial charge in [0.15, 0.2) is 5.13 Å². The zero-order chi connectivity index (χ0) is 13.8. The molecule has 2 aromatic rings. The number of anilines is 1. The third-order valence-electron chi connectivity index (χ3n) is 3.33. The van der Waals surface area contributed by atoms with E-state index in [-0.39, 0.29) is 5.91 Å². The number of aryl methyl sites for hydroxylation is 1. The van der Waals surface area contributed by atoms with Gasteiger partial charge in [0.05, 0.1) is 5.69 Å². The second-order valence-corrected chi connectivity index (χ2v) is 5.93. The summed E-state index contributed by atoms with van der Waals surface area (Å²) in [4.78, 5) is 17.7. The fourth-order valence-electron chi connectivity index (χ4n) is 2.26. The Hall–Kier alpha value is -1.72. The lowest BCUT2D eigenvalue weighted by molar-refractivity contribution is -0.116. The number of rotatable bonds is 4. The van der Waals surface area contributed by atoms with Gasteiger partial charge in [0.2, 0.25) is 5.91 Å². The van der Waals surface area contributed by atoms with Gasteiger partial charge >= 0.3 is 0 Å². The van der Waals surface area contributed by atoms with E-state index in [1.807, 2.05) is 30.3 Å². The van der Waals surface area contributed by atoms with E-state index < -0.39 is 0 Å². The average molecular weight is 287 g/mol. The Bertz CT molecular complexity index is 571. The Morgan fingerprint density at radius 1 is 1.35 bits per heavy atom. The first kappa shape index (κ1) is 13.3. The molecule has 1 amide bonds. The van der Waals surface area contributed by atoms with Crippen molar-refractivity contribution in [2.24, 2.45) is 0 Å². The maximum absolute atomic E-state index is 11.9. The van der Waals surface area contributed by atoms with Crippen LogP contribution in [-0.4, -0.2) is 17.4 Å². The third kappa shape index (κ3) is 3.23. The molecule has 0 fully saturated rings. The van der Waals surface area contributed by atoms with Gasteiger partial charge in [-0.2, -0.15) is 0 Å². The lowest BCUT2D eigenvalue weighted by Crippen LogP contribution is -2.22. The molecule has 0 atom stereocenters. The summed E-state index contributed by atoms with van der Waals surface area (Å²) in [5.74, 6) is 0.0351. The van der Waals surface area contributed by atoms with Crippen LogP contribution in [0.3, 0.4) is 0 Å². The predicted molar refractivity (Wildman–Crippen MR) is 80.9 cm³/mol. The van der Waals surface area contributed by atoms with Crippen LogP contribution >= 0.6 is 11.3 Å². The number of aromatic nitrogens is 1. The first-order valence-corrected chi connectivity index (χ1v) is 7.66. The van der Waals surface area contributed by atoms with Crippen LogP contribution in [0.25, 0.3) is 0 Å². The van der Waals surface area contributed by atoms with E-state index in [1.165, 1.54) is 10.4 Å². The molecule has 20 heavy (non-hydrogen) atoms. The van der Waals surface area contributed by atoms with Crippen molar-refractivity contribution in [1.29, 1.82) is 0 Å². The molecule has 104 valence electrons. The number of carbonyl (C=O) groups excluding carboxylic acids is 1. The van der Waals surface area contributed by atoms with Crippen molar-refractivity contribution in [2.45, 2.75) is 25.8 Å². The number of amides is 1. The molecule has 1 aliphatic heterocycles. The molecule has 0 saturated heterocycles. The number of nitrogens with zero attached hydrogens (tertiary/aromatic N) is 1. The quantitative estimate of drug-likeness (QED) is 0.907. The van der Waals surface area contributed by atoms with Crippen molar-refractivity contribution >= 4 is 22.4 Å². The van der Waals surface area contributed by atoms with Crippen LogP contribution in [0.2, 0.25) is 0 Å². The maximum Gasteiger partial charge on any atom is 0.226 e. The third-order valence-corrected chi connectivity index (χ3v) is 4.35. The van der Waals surface area contributed by atoms with Gasteiger partial charge in [-0.3, -0.25) is 4.79 Å². The summed E-state index contributed by atoms with van der Waals surface area (Å²) in [6.45, 7) is 1.84. The average Bonchev–Trinajstić information content (AvgIpc) is 2.88. The Morgan fingerprint density at radius 3 is 3.00 bits per heavy atom. The zero-order valence-electron chi connectivity index (χ0n) is 11.2. The molecule has 2 heterocycles. The predicted octanol–water partition coefficient (Wildman–Crippen LogP) is 2.36. The molecule has 0 aliphatic carbocycles. The van der Waals surface area contributed by atoms with Gasteiger partial charge in [0, 0.05) is 30.8 Å². The number of hydrogen-bond acceptors (Lipinski definition) is 4. The van der Waals surface area contributed by atoms with Crippen LogP contribution in [-0.2, 0) is 24.2 Å². The second-order valence-electron chi connectivity index (χ2n) is 4.85. The Balaban J connectivity index is 1.55. The Morgan fingerprint density at radius 2 is 2.20 bits per heavy atom. The molecule has 1 aliphatic rings. The summed E-state index contributed by atoms with van der Waals surface area (Å²) in [6, 6.07) is 10.1. The van der Waals surface area contributed by atoms with E-state index in [4.69, 9.17) is 0 Å². The minimum atomic E-state index is 0.0351. The molecule has 0 bridgehead atoms. The molecule has 3 rings (SSSR count). The van der Waals surface area contributed by atoms with Crippen molar-refractivity contribution in [3.8, 4) is 0 Å². The van der Waals surface area contributed by atoms with E-state index in [9.17, 15) is 4.79 Å². The van der Waals surface area contributed by atoms with Crippen LogP contribution in [0.5, 0.6) is 0 Å².